The highest BCUT2D eigenvalue weighted by molar-refractivity contribution is 14.1. The zero-order chi connectivity index (χ0) is 14.2. The van der Waals surface area contributed by atoms with E-state index in [1.165, 1.54) is 0 Å². The Kier molecular flexibility index (Phi) is 4.35. The van der Waals surface area contributed by atoms with Crippen LogP contribution in [-0.4, -0.2) is 42.9 Å². The maximum Gasteiger partial charge on any atom is 0.254 e. The maximum absolute atomic E-state index is 12.4. The monoisotopic (exact) mass is 407 g/mol. The van der Waals surface area contributed by atoms with Crippen molar-refractivity contribution < 1.29 is 14.3 Å². The lowest BCUT2D eigenvalue weighted by Gasteiger charge is -2.39. The summed E-state index contributed by atoms with van der Waals surface area (Å²) >= 11 is 3.86. The van der Waals surface area contributed by atoms with Gasteiger partial charge in [0.1, 0.15) is 0 Å². The fourth-order valence-electron chi connectivity index (χ4n) is 3.01. The topological polar surface area (TPSA) is 38.8 Å². The van der Waals surface area contributed by atoms with Gasteiger partial charge in [-0.15, -0.1) is 11.3 Å². The second kappa shape index (κ2) is 5.90. The Morgan fingerprint density at radius 2 is 2.05 bits per heavy atom. The highest BCUT2D eigenvalue weighted by Gasteiger charge is 2.41. The first-order chi connectivity index (χ1) is 9.60. The molecule has 1 aromatic rings. The fraction of sp³-hybridized carbons (Fsp3) is 0.643. The Morgan fingerprint density at radius 1 is 1.40 bits per heavy atom. The van der Waals surface area contributed by atoms with E-state index in [2.05, 4.69) is 22.6 Å². The molecule has 1 saturated carbocycles. The van der Waals surface area contributed by atoms with Gasteiger partial charge >= 0.3 is 0 Å². The van der Waals surface area contributed by atoms with Crippen molar-refractivity contribution in [2.75, 3.05) is 20.3 Å². The summed E-state index contributed by atoms with van der Waals surface area (Å²) in [6, 6.07) is 2.25. The zero-order valence-corrected chi connectivity index (χ0v) is 14.4. The second-order valence-electron chi connectivity index (χ2n) is 5.39. The first kappa shape index (κ1) is 14.7. The number of rotatable bonds is 2. The molecule has 0 N–H and O–H groups in total. The third-order valence-corrected chi connectivity index (χ3v) is 6.00. The minimum Gasteiger partial charge on any atom is -0.348 e. The van der Waals surface area contributed by atoms with E-state index in [0.29, 0.717) is 19.3 Å². The number of ether oxygens (including phenoxy) is 2. The molecule has 0 atom stereocenters. The molecule has 0 bridgehead atoms. The summed E-state index contributed by atoms with van der Waals surface area (Å²) in [7, 11) is 1.91. The summed E-state index contributed by atoms with van der Waals surface area (Å²) in [5, 5.41) is 1.94. The SMILES string of the molecule is CN(C(=O)c1csc(I)c1)C1CCC2(CC1)OCCO2. The van der Waals surface area contributed by atoms with Crippen LogP contribution in [-0.2, 0) is 9.47 Å². The molecule has 1 spiro atoms. The molecule has 2 aliphatic rings. The van der Waals surface area contributed by atoms with Crippen molar-refractivity contribution in [3.05, 3.63) is 19.9 Å². The highest BCUT2D eigenvalue weighted by Crippen LogP contribution is 2.37. The van der Waals surface area contributed by atoms with Crippen molar-refractivity contribution in [2.24, 2.45) is 0 Å². The molecule has 1 aliphatic heterocycles. The highest BCUT2D eigenvalue weighted by atomic mass is 127. The van der Waals surface area contributed by atoms with Gasteiger partial charge in [-0.3, -0.25) is 4.79 Å². The van der Waals surface area contributed by atoms with E-state index >= 15 is 0 Å². The number of nitrogens with zero attached hydrogens (tertiary/aromatic N) is 1. The first-order valence-electron chi connectivity index (χ1n) is 6.89. The molecular formula is C14H18INO3S. The molecule has 20 heavy (non-hydrogen) atoms. The quantitative estimate of drug-likeness (QED) is 0.708. The van der Waals surface area contributed by atoms with Crippen LogP contribution in [0.3, 0.4) is 0 Å². The van der Waals surface area contributed by atoms with Gasteiger partial charge in [0, 0.05) is 31.3 Å². The van der Waals surface area contributed by atoms with Crippen molar-refractivity contribution in [2.45, 2.75) is 37.5 Å². The number of carbonyl (C=O) groups is 1. The molecule has 110 valence electrons. The van der Waals surface area contributed by atoms with E-state index in [9.17, 15) is 4.79 Å². The van der Waals surface area contributed by atoms with E-state index in [1.807, 2.05) is 23.4 Å². The van der Waals surface area contributed by atoms with Crippen molar-refractivity contribution >= 4 is 39.8 Å². The molecule has 2 heterocycles. The van der Waals surface area contributed by atoms with Gasteiger partial charge in [-0.05, 0) is 41.5 Å². The van der Waals surface area contributed by atoms with Gasteiger partial charge < -0.3 is 14.4 Å². The molecule has 2 fully saturated rings. The lowest BCUT2D eigenvalue weighted by atomic mass is 9.89. The van der Waals surface area contributed by atoms with Gasteiger partial charge in [-0.25, -0.2) is 0 Å². The third kappa shape index (κ3) is 2.88. The maximum atomic E-state index is 12.4. The largest absolute Gasteiger partial charge is 0.348 e. The molecule has 4 nitrogen and oxygen atoms in total. The number of halogens is 1. The van der Waals surface area contributed by atoms with Crippen molar-refractivity contribution in [3.8, 4) is 0 Å². The molecule has 1 aliphatic carbocycles. The van der Waals surface area contributed by atoms with Crippen LogP contribution in [0, 0.1) is 2.88 Å². The molecule has 1 saturated heterocycles. The Bertz CT molecular complexity index is 488. The number of amides is 1. The Morgan fingerprint density at radius 3 is 2.60 bits per heavy atom. The fourth-order valence-corrected chi connectivity index (χ4v) is 4.33. The van der Waals surface area contributed by atoms with Crippen LogP contribution in [0.5, 0.6) is 0 Å². The van der Waals surface area contributed by atoms with Crippen LogP contribution < -0.4 is 0 Å². The van der Waals surface area contributed by atoms with Crippen molar-refractivity contribution in [3.63, 3.8) is 0 Å². The minimum absolute atomic E-state index is 0.123. The van der Waals surface area contributed by atoms with Crippen LogP contribution in [0.15, 0.2) is 11.4 Å². The molecule has 0 aromatic carbocycles. The summed E-state index contributed by atoms with van der Waals surface area (Å²) in [6.07, 6.45) is 3.67. The number of carbonyl (C=O) groups excluding carboxylic acids is 1. The van der Waals surface area contributed by atoms with Gasteiger partial charge in [-0.1, -0.05) is 0 Å². The smallest absolute Gasteiger partial charge is 0.254 e. The van der Waals surface area contributed by atoms with Gasteiger partial charge in [0.2, 0.25) is 0 Å². The Balaban J connectivity index is 1.61. The lowest BCUT2D eigenvalue weighted by molar-refractivity contribution is -0.182. The van der Waals surface area contributed by atoms with Crippen molar-refractivity contribution in [1.82, 2.24) is 4.90 Å². The molecule has 0 unspecified atom stereocenters. The zero-order valence-electron chi connectivity index (χ0n) is 11.4. The summed E-state index contributed by atoms with van der Waals surface area (Å²) < 4.78 is 12.6. The Hall–Kier alpha value is -0.180. The average molecular weight is 407 g/mol. The van der Waals surface area contributed by atoms with Crippen LogP contribution in [0.2, 0.25) is 0 Å². The summed E-state index contributed by atoms with van der Waals surface area (Å²) in [6.45, 7) is 1.40. The van der Waals surface area contributed by atoms with E-state index in [1.54, 1.807) is 11.3 Å². The summed E-state index contributed by atoms with van der Waals surface area (Å²) in [5.74, 6) is -0.226. The molecule has 0 radical (unpaired) electrons. The third-order valence-electron chi connectivity index (χ3n) is 4.21. The van der Waals surface area contributed by atoms with Crippen LogP contribution in [0.1, 0.15) is 36.0 Å². The van der Waals surface area contributed by atoms with E-state index in [0.717, 1.165) is 34.1 Å². The predicted octanol–water partition coefficient (Wildman–Crippen LogP) is 3.11. The van der Waals surface area contributed by atoms with Crippen LogP contribution in [0.25, 0.3) is 0 Å². The molecule has 1 aromatic heterocycles. The lowest BCUT2D eigenvalue weighted by Crippen LogP contribution is -2.44. The minimum atomic E-state index is -0.349. The van der Waals surface area contributed by atoms with Crippen LogP contribution in [0.4, 0.5) is 0 Å². The van der Waals surface area contributed by atoms with Gasteiger partial charge in [0.25, 0.3) is 5.91 Å². The summed E-state index contributed by atoms with van der Waals surface area (Å²) in [5.41, 5.74) is 0.801. The van der Waals surface area contributed by atoms with Gasteiger partial charge in [-0.2, -0.15) is 0 Å². The van der Waals surface area contributed by atoms with Gasteiger partial charge in [0.05, 0.1) is 21.7 Å². The molecular weight excluding hydrogens is 389 g/mol. The normalized spacial score (nSPS) is 22.3. The first-order valence-corrected chi connectivity index (χ1v) is 8.85. The van der Waals surface area contributed by atoms with Crippen LogP contribution >= 0.6 is 33.9 Å². The number of thiophene rings is 1. The number of hydrogen-bond acceptors (Lipinski definition) is 4. The van der Waals surface area contributed by atoms with Crippen molar-refractivity contribution in [1.29, 1.82) is 0 Å². The Labute approximate surface area is 136 Å². The number of hydrogen-bond donors (Lipinski definition) is 0. The predicted molar refractivity (Wildman–Crippen MR) is 86.0 cm³/mol. The van der Waals surface area contributed by atoms with E-state index < -0.39 is 0 Å². The van der Waals surface area contributed by atoms with E-state index in [-0.39, 0.29) is 11.7 Å². The van der Waals surface area contributed by atoms with Gasteiger partial charge in [0.15, 0.2) is 5.79 Å². The average Bonchev–Trinajstić information content (AvgIpc) is 3.08. The summed E-state index contributed by atoms with van der Waals surface area (Å²) in [4.78, 5) is 14.3. The molecule has 3 rings (SSSR count). The molecule has 1 amide bonds. The molecule has 6 heteroatoms. The van der Waals surface area contributed by atoms with E-state index in [4.69, 9.17) is 9.47 Å². The second-order valence-corrected chi connectivity index (χ2v) is 8.20. The standard InChI is InChI=1S/C14H18INO3S/c1-16(13(17)10-8-12(15)20-9-10)11-2-4-14(5-3-11)18-6-7-19-14/h8-9,11H,2-7H2,1H3.